The number of sulfonamides is 1. The van der Waals surface area contributed by atoms with Crippen molar-refractivity contribution in [2.24, 2.45) is 0 Å². The van der Waals surface area contributed by atoms with Crippen LogP contribution < -0.4 is 10.6 Å². The Hall–Kier alpha value is -2.52. The van der Waals surface area contributed by atoms with Crippen molar-refractivity contribution in [1.82, 2.24) is 4.31 Å². The highest BCUT2D eigenvalue weighted by molar-refractivity contribution is 7.89. The molecule has 1 saturated heterocycles. The van der Waals surface area contributed by atoms with E-state index in [1.54, 1.807) is 12.1 Å². The zero-order chi connectivity index (χ0) is 20.1. The van der Waals surface area contributed by atoms with E-state index in [0.29, 0.717) is 18.8 Å². The Morgan fingerprint density at radius 3 is 2.21 bits per heavy atom. The summed E-state index contributed by atoms with van der Waals surface area (Å²) in [6.45, 7) is 0.955. The molecule has 3 rings (SSSR count). The highest BCUT2D eigenvalue weighted by atomic mass is 32.2. The van der Waals surface area contributed by atoms with Crippen LogP contribution in [0.15, 0.2) is 47.4 Å². The van der Waals surface area contributed by atoms with Gasteiger partial charge in [0.05, 0.1) is 11.4 Å². The second-order valence-corrected chi connectivity index (χ2v) is 8.46. The molecule has 0 aliphatic carbocycles. The molecule has 0 spiro atoms. The van der Waals surface area contributed by atoms with Crippen molar-refractivity contribution in [3.8, 4) is 0 Å². The predicted molar refractivity (Wildman–Crippen MR) is 103 cm³/mol. The van der Waals surface area contributed by atoms with Gasteiger partial charge in [0.1, 0.15) is 0 Å². The predicted octanol–water partition coefficient (Wildman–Crippen LogP) is 3.19. The van der Waals surface area contributed by atoms with E-state index < -0.39 is 27.6 Å². The second kappa shape index (κ2) is 8.66. The molecular weight excluding hydrogens is 388 g/mol. The summed E-state index contributed by atoms with van der Waals surface area (Å²) in [6.07, 6.45) is 2.78. The molecule has 1 aliphatic rings. The number of carbonyl (C=O) groups excluding carboxylic acids is 1. The SMILES string of the molecule is O=C(CNc1ccc(S(=O)(=O)N2CCCCC2)cc1)Nc1ccc(F)c(F)c1. The first-order valence-corrected chi connectivity index (χ1v) is 10.4. The van der Waals surface area contributed by atoms with Crippen molar-refractivity contribution in [1.29, 1.82) is 0 Å². The highest BCUT2D eigenvalue weighted by Crippen LogP contribution is 2.22. The number of hydrogen-bond acceptors (Lipinski definition) is 4. The summed E-state index contributed by atoms with van der Waals surface area (Å²) in [5.74, 6) is -2.48. The number of benzene rings is 2. The molecule has 1 fully saturated rings. The quantitative estimate of drug-likeness (QED) is 0.768. The normalized spacial score (nSPS) is 15.2. The zero-order valence-electron chi connectivity index (χ0n) is 15.1. The van der Waals surface area contributed by atoms with E-state index in [9.17, 15) is 22.0 Å². The maximum absolute atomic E-state index is 13.2. The molecule has 150 valence electrons. The average Bonchev–Trinajstić information content (AvgIpc) is 2.70. The summed E-state index contributed by atoms with van der Waals surface area (Å²) in [5.41, 5.74) is 0.715. The maximum atomic E-state index is 13.2. The van der Waals surface area contributed by atoms with Gasteiger partial charge in [0.2, 0.25) is 15.9 Å². The summed E-state index contributed by atoms with van der Waals surface area (Å²) in [4.78, 5) is 12.1. The Bertz CT molecular complexity index is 943. The number of halogens is 2. The molecule has 2 N–H and O–H groups in total. The second-order valence-electron chi connectivity index (χ2n) is 6.52. The fourth-order valence-electron chi connectivity index (χ4n) is 2.96. The van der Waals surface area contributed by atoms with E-state index in [2.05, 4.69) is 10.6 Å². The van der Waals surface area contributed by atoms with Gasteiger partial charge >= 0.3 is 0 Å². The van der Waals surface area contributed by atoms with Gasteiger partial charge in [0, 0.05) is 30.5 Å². The van der Waals surface area contributed by atoms with E-state index in [1.165, 1.54) is 22.5 Å². The molecule has 2 aromatic carbocycles. The van der Waals surface area contributed by atoms with Crippen molar-refractivity contribution >= 4 is 27.3 Å². The van der Waals surface area contributed by atoms with Crippen LogP contribution in [-0.4, -0.2) is 38.3 Å². The fourth-order valence-corrected chi connectivity index (χ4v) is 4.48. The van der Waals surface area contributed by atoms with Crippen LogP contribution in [0.4, 0.5) is 20.2 Å². The van der Waals surface area contributed by atoms with E-state index in [1.807, 2.05) is 0 Å². The van der Waals surface area contributed by atoms with Gasteiger partial charge in [-0.3, -0.25) is 4.79 Å². The van der Waals surface area contributed by atoms with Gasteiger partial charge in [-0.2, -0.15) is 4.31 Å². The third kappa shape index (κ3) is 4.85. The molecule has 9 heteroatoms. The third-order valence-electron chi connectivity index (χ3n) is 4.46. The van der Waals surface area contributed by atoms with Crippen LogP contribution in [0.5, 0.6) is 0 Å². The van der Waals surface area contributed by atoms with E-state index in [-0.39, 0.29) is 17.1 Å². The van der Waals surface area contributed by atoms with E-state index >= 15 is 0 Å². The van der Waals surface area contributed by atoms with Gasteiger partial charge in [0.25, 0.3) is 0 Å². The van der Waals surface area contributed by atoms with Crippen LogP contribution in [0.3, 0.4) is 0 Å². The largest absolute Gasteiger partial charge is 0.376 e. The number of amides is 1. The number of carbonyl (C=O) groups is 1. The number of hydrogen-bond donors (Lipinski definition) is 2. The standard InChI is InChI=1S/C19H21F2N3O3S/c20-17-9-6-15(12-18(17)21)23-19(25)13-22-14-4-7-16(8-5-14)28(26,27)24-10-2-1-3-11-24/h4-9,12,22H,1-3,10-11,13H2,(H,23,25). The lowest BCUT2D eigenvalue weighted by molar-refractivity contribution is -0.114. The van der Waals surface area contributed by atoms with Gasteiger partial charge in [-0.25, -0.2) is 17.2 Å². The molecule has 2 aromatic rings. The number of nitrogens with one attached hydrogen (secondary N) is 2. The van der Waals surface area contributed by atoms with Crippen molar-refractivity contribution in [2.75, 3.05) is 30.3 Å². The minimum atomic E-state index is -3.50. The van der Waals surface area contributed by atoms with Gasteiger partial charge in [-0.1, -0.05) is 6.42 Å². The lowest BCUT2D eigenvalue weighted by Gasteiger charge is -2.25. The zero-order valence-corrected chi connectivity index (χ0v) is 15.9. The molecule has 0 radical (unpaired) electrons. The number of piperidine rings is 1. The summed E-state index contributed by atoms with van der Waals surface area (Å²) in [7, 11) is -3.50. The Balaban J connectivity index is 1.56. The van der Waals surface area contributed by atoms with E-state index in [0.717, 1.165) is 31.4 Å². The Morgan fingerprint density at radius 1 is 0.929 bits per heavy atom. The first-order chi connectivity index (χ1) is 13.4. The van der Waals surface area contributed by atoms with Crippen LogP contribution in [0.2, 0.25) is 0 Å². The number of anilines is 2. The highest BCUT2D eigenvalue weighted by Gasteiger charge is 2.25. The molecule has 1 amide bonds. The maximum Gasteiger partial charge on any atom is 0.243 e. The van der Waals surface area contributed by atoms with Gasteiger partial charge in [-0.05, 0) is 49.2 Å². The van der Waals surface area contributed by atoms with Crippen LogP contribution in [-0.2, 0) is 14.8 Å². The van der Waals surface area contributed by atoms with Crippen molar-refractivity contribution in [3.63, 3.8) is 0 Å². The van der Waals surface area contributed by atoms with Crippen LogP contribution >= 0.6 is 0 Å². The molecular formula is C19H21F2N3O3S. The molecule has 0 bridgehead atoms. The van der Waals surface area contributed by atoms with E-state index in [4.69, 9.17) is 0 Å². The van der Waals surface area contributed by atoms with Crippen LogP contribution in [0.1, 0.15) is 19.3 Å². The average molecular weight is 409 g/mol. The first kappa shape index (κ1) is 20.2. The molecule has 1 aliphatic heterocycles. The minimum Gasteiger partial charge on any atom is -0.376 e. The minimum absolute atomic E-state index is 0.114. The summed E-state index contributed by atoms with van der Waals surface area (Å²) >= 11 is 0. The lowest BCUT2D eigenvalue weighted by Crippen LogP contribution is -2.35. The molecule has 28 heavy (non-hydrogen) atoms. The number of rotatable bonds is 6. The Kier molecular flexibility index (Phi) is 6.25. The topological polar surface area (TPSA) is 78.5 Å². The number of nitrogens with zero attached hydrogens (tertiary/aromatic N) is 1. The lowest BCUT2D eigenvalue weighted by atomic mass is 10.2. The summed E-state index contributed by atoms with van der Waals surface area (Å²) in [5, 5.41) is 5.31. The third-order valence-corrected chi connectivity index (χ3v) is 6.38. The van der Waals surface area contributed by atoms with Crippen molar-refractivity contribution < 1.29 is 22.0 Å². The molecule has 6 nitrogen and oxygen atoms in total. The molecule has 0 unspecified atom stereocenters. The van der Waals surface area contributed by atoms with Crippen molar-refractivity contribution in [3.05, 3.63) is 54.1 Å². The Labute approximate surface area is 162 Å². The molecule has 0 atom stereocenters. The van der Waals surface area contributed by atoms with Gasteiger partial charge in [-0.15, -0.1) is 0 Å². The van der Waals surface area contributed by atoms with Crippen LogP contribution in [0, 0.1) is 11.6 Å². The monoisotopic (exact) mass is 409 g/mol. The molecule has 1 heterocycles. The van der Waals surface area contributed by atoms with Crippen LogP contribution in [0.25, 0.3) is 0 Å². The first-order valence-electron chi connectivity index (χ1n) is 8.95. The summed E-state index contributed by atoms with van der Waals surface area (Å²) in [6, 6.07) is 9.26. The van der Waals surface area contributed by atoms with Gasteiger partial charge in [0.15, 0.2) is 11.6 Å². The smallest absolute Gasteiger partial charge is 0.243 e. The Morgan fingerprint density at radius 2 is 1.57 bits per heavy atom. The fraction of sp³-hybridized carbons (Fsp3) is 0.316. The molecule has 0 saturated carbocycles. The summed E-state index contributed by atoms with van der Waals surface area (Å²) < 4.78 is 52.8. The van der Waals surface area contributed by atoms with Gasteiger partial charge < -0.3 is 10.6 Å². The van der Waals surface area contributed by atoms with Crippen molar-refractivity contribution in [2.45, 2.75) is 24.2 Å². The molecule has 0 aromatic heterocycles.